The van der Waals surface area contributed by atoms with Gasteiger partial charge in [-0.3, -0.25) is 4.79 Å². The molecule has 0 amide bonds. The predicted molar refractivity (Wildman–Crippen MR) is 83.0 cm³/mol. The molecule has 3 atom stereocenters. The number of hydrogen-bond acceptors (Lipinski definition) is 4. The van der Waals surface area contributed by atoms with E-state index in [1.807, 2.05) is 31.2 Å². The maximum atomic E-state index is 12.1. The molecule has 4 nitrogen and oxygen atoms in total. The first-order chi connectivity index (χ1) is 10.1. The van der Waals surface area contributed by atoms with E-state index in [2.05, 4.69) is 0 Å². The van der Waals surface area contributed by atoms with Gasteiger partial charge in [0.05, 0.1) is 12.5 Å². The standard InChI is InChI=1S/C17H25NO3/c1-12(13-6-8-14(18)9-7-13)10-17(19)21-16-5-3-4-15(11-16)20-2/h6-9,12,15-16H,3-5,10-11,18H2,1-2H3. The smallest absolute Gasteiger partial charge is 0.306 e. The Hall–Kier alpha value is -1.55. The molecule has 0 aliphatic heterocycles. The number of carbonyl (C=O) groups is 1. The van der Waals surface area contributed by atoms with Crippen molar-refractivity contribution in [1.29, 1.82) is 0 Å². The molecule has 116 valence electrons. The van der Waals surface area contributed by atoms with Crippen molar-refractivity contribution in [3.05, 3.63) is 29.8 Å². The van der Waals surface area contributed by atoms with E-state index in [4.69, 9.17) is 15.2 Å². The van der Waals surface area contributed by atoms with Crippen LogP contribution in [0.5, 0.6) is 0 Å². The lowest BCUT2D eigenvalue weighted by Crippen LogP contribution is -2.29. The van der Waals surface area contributed by atoms with Gasteiger partial charge in [0.15, 0.2) is 0 Å². The van der Waals surface area contributed by atoms with Gasteiger partial charge in [0.2, 0.25) is 0 Å². The SMILES string of the molecule is COC1CCCC(OC(=O)CC(C)c2ccc(N)cc2)C1. The quantitative estimate of drug-likeness (QED) is 0.668. The Morgan fingerprint density at radius 3 is 2.62 bits per heavy atom. The molecule has 1 saturated carbocycles. The van der Waals surface area contributed by atoms with Crippen molar-refractivity contribution in [3.63, 3.8) is 0 Å². The summed E-state index contributed by atoms with van der Waals surface area (Å²) in [5.41, 5.74) is 7.52. The molecule has 1 fully saturated rings. The third-order valence-electron chi connectivity index (χ3n) is 4.19. The van der Waals surface area contributed by atoms with E-state index < -0.39 is 0 Å². The van der Waals surface area contributed by atoms with Crippen LogP contribution in [0, 0.1) is 0 Å². The Labute approximate surface area is 126 Å². The molecule has 2 N–H and O–H groups in total. The van der Waals surface area contributed by atoms with Crippen LogP contribution in [0.1, 0.15) is 50.5 Å². The zero-order valence-electron chi connectivity index (χ0n) is 12.9. The van der Waals surface area contributed by atoms with Crippen molar-refractivity contribution in [2.75, 3.05) is 12.8 Å². The van der Waals surface area contributed by atoms with Gasteiger partial charge >= 0.3 is 5.97 Å². The number of nitrogen functional groups attached to an aromatic ring is 1. The number of anilines is 1. The zero-order chi connectivity index (χ0) is 15.2. The van der Waals surface area contributed by atoms with Crippen LogP contribution in [0.15, 0.2) is 24.3 Å². The first kappa shape index (κ1) is 15.8. The summed E-state index contributed by atoms with van der Waals surface area (Å²) in [5.74, 6) is 0.0148. The number of methoxy groups -OCH3 is 1. The number of rotatable bonds is 5. The van der Waals surface area contributed by atoms with Gasteiger partial charge in [-0.15, -0.1) is 0 Å². The number of benzene rings is 1. The van der Waals surface area contributed by atoms with Crippen LogP contribution in [-0.2, 0) is 14.3 Å². The lowest BCUT2D eigenvalue weighted by molar-refractivity contribution is -0.153. The lowest BCUT2D eigenvalue weighted by atomic mass is 9.94. The summed E-state index contributed by atoms with van der Waals surface area (Å²) < 4.78 is 11.0. The minimum absolute atomic E-state index is 0.00909. The summed E-state index contributed by atoms with van der Waals surface area (Å²) in [7, 11) is 1.72. The lowest BCUT2D eigenvalue weighted by Gasteiger charge is -2.28. The van der Waals surface area contributed by atoms with Crippen molar-refractivity contribution in [2.24, 2.45) is 0 Å². The van der Waals surface area contributed by atoms with Gasteiger partial charge in [-0.2, -0.15) is 0 Å². The highest BCUT2D eigenvalue weighted by atomic mass is 16.5. The van der Waals surface area contributed by atoms with Crippen molar-refractivity contribution < 1.29 is 14.3 Å². The normalized spacial score (nSPS) is 23.5. The Balaban J connectivity index is 1.82. The average molecular weight is 291 g/mol. The minimum Gasteiger partial charge on any atom is -0.462 e. The molecule has 0 saturated heterocycles. The third-order valence-corrected chi connectivity index (χ3v) is 4.19. The summed E-state index contributed by atoms with van der Waals surface area (Å²) >= 11 is 0. The first-order valence-electron chi connectivity index (χ1n) is 7.66. The molecule has 4 heteroatoms. The molecular weight excluding hydrogens is 266 g/mol. The van der Waals surface area contributed by atoms with Crippen molar-refractivity contribution >= 4 is 11.7 Å². The Bertz CT molecular complexity index is 458. The highest BCUT2D eigenvalue weighted by molar-refractivity contribution is 5.70. The molecule has 0 heterocycles. The molecule has 0 spiro atoms. The van der Waals surface area contributed by atoms with E-state index in [0.29, 0.717) is 6.42 Å². The van der Waals surface area contributed by atoms with E-state index in [1.54, 1.807) is 7.11 Å². The fraction of sp³-hybridized carbons (Fsp3) is 0.588. The molecule has 0 radical (unpaired) electrons. The van der Waals surface area contributed by atoms with E-state index in [0.717, 1.165) is 36.9 Å². The van der Waals surface area contributed by atoms with Crippen LogP contribution < -0.4 is 5.73 Å². The topological polar surface area (TPSA) is 61.5 Å². The molecule has 1 aliphatic carbocycles. The van der Waals surface area contributed by atoms with Gasteiger partial charge in [-0.1, -0.05) is 19.1 Å². The summed E-state index contributed by atoms with van der Waals surface area (Å²) in [6.45, 7) is 2.03. The fourth-order valence-corrected chi connectivity index (χ4v) is 2.85. The van der Waals surface area contributed by atoms with E-state index >= 15 is 0 Å². The summed E-state index contributed by atoms with van der Waals surface area (Å²) in [6.07, 6.45) is 4.52. The number of nitrogens with two attached hydrogens (primary N) is 1. The van der Waals surface area contributed by atoms with Gasteiger partial charge < -0.3 is 15.2 Å². The van der Waals surface area contributed by atoms with Crippen molar-refractivity contribution in [1.82, 2.24) is 0 Å². The monoisotopic (exact) mass is 291 g/mol. The van der Waals surface area contributed by atoms with Gasteiger partial charge in [0.1, 0.15) is 6.10 Å². The van der Waals surface area contributed by atoms with Crippen LogP contribution in [0.25, 0.3) is 0 Å². The van der Waals surface area contributed by atoms with Crippen LogP contribution in [0.3, 0.4) is 0 Å². The molecule has 21 heavy (non-hydrogen) atoms. The molecule has 1 aromatic carbocycles. The summed E-state index contributed by atoms with van der Waals surface area (Å²) in [5, 5.41) is 0. The minimum atomic E-state index is -0.124. The highest BCUT2D eigenvalue weighted by Gasteiger charge is 2.25. The Morgan fingerprint density at radius 1 is 1.29 bits per heavy atom. The second-order valence-electron chi connectivity index (χ2n) is 5.91. The second kappa shape index (κ2) is 7.46. The number of esters is 1. The molecule has 1 aliphatic rings. The Kier molecular flexibility index (Phi) is 5.62. The van der Waals surface area contributed by atoms with Gasteiger partial charge in [0, 0.05) is 19.2 Å². The van der Waals surface area contributed by atoms with Crippen LogP contribution in [0.2, 0.25) is 0 Å². The van der Waals surface area contributed by atoms with E-state index in [-0.39, 0.29) is 24.1 Å². The van der Waals surface area contributed by atoms with Crippen molar-refractivity contribution in [3.8, 4) is 0 Å². The fourth-order valence-electron chi connectivity index (χ4n) is 2.85. The van der Waals surface area contributed by atoms with Gasteiger partial charge in [0.25, 0.3) is 0 Å². The van der Waals surface area contributed by atoms with E-state index in [9.17, 15) is 4.79 Å². The largest absolute Gasteiger partial charge is 0.462 e. The average Bonchev–Trinajstić information content (AvgIpc) is 2.47. The van der Waals surface area contributed by atoms with Crippen molar-refractivity contribution in [2.45, 2.75) is 57.2 Å². The number of hydrogen-bond donors (Lipinski definition) is 1. The molecule has 3 unspecified atom stereocenters. The molecule has 0 bridgehead atoms. The number of ether oxygens (including phenoxy) is 2. The number of carbonyl (C=O) groups excluding carboxylic acids is 1. The van der Waals surface area contributed by atoms with Gasteiger partial charge in [-0.25, -0.2) is 0 Å². The predicted octanol–water partition coefficient (Wildman–Crippen LogP) is 3.26. The van der Waals surface area contributed by atoms with Crippen LogP contribution in [0.4, 0.5) is 5.69 Å². The van der Waals surface area contributed by atoms with E-state index in [1.165, 1.54) is 0 Å². The summed E-state index contributed by atoms with van der Waals surface area (Å²) in [6, 6.07) is 7.66. The second-order valence-corrected chi connectivity index (χ2v) is 5.91. The Morgan fingerprint density at radius 2 is 1.95 bits per heavy atom. The highest BCUT2D eigenvalue weighted by Crippen LogP contribution is 2.25. The molecular formula is C17H25NO3. The maximum absolute atomic E-state index is 12.1. The molecule has 2 rings (SSSR count). The molecule has 0 aromatic heterocycles. The molecule has 1 aromatic rings. The maximum Gasteiger partial charge on any atom is 0.306 e. The van der Waals surface area contributed by atoms with Gasteiger partial charge in [-0.05, 0) is 42.9 Å². The third kappa shape index (κ3) is 4.74. The van der Waals surface area contributed by atoms with Crippen LogP contribution >= 0.6 is 0 Å². The first-order valence-corrected chi connectivity index (χ1v) is 7.66. The zero-order valence-corrected chi connectivity index (χ0v) is 12.9. The summed E-state index contributed by atoms with van der Waals surface area (Å²) in [4.78, 5) is 12.1. The van der Waals surface area contributed by atoms with Crippen LogP contribution in [-0.4, -0.2) is 25.3 Å².